The van der Waals surface area contributed by atoms with Crippen LogP contribution in [0.15, 0.2) is 53.5 Å². The first-order valence-electron chi connectivity index (χ1n) is 22.4. The minimum absolute atomic E-state index is 0.0943. The number of likely N-dealkylation sites (tertiary alicyclic amines) is 1. The van der Waals surface area contributed by atoms with Gasteiger partial charge >= 0.3 is 0 Å². The lowest BCUT2D eigenvalue weighted by atomic mass is 9.73. The molecule has 1 saturated carbocycles. The number of fused-ring (bicyclic) bond motifs is 2. The third-order valence-corrected chi connectivity index (χ3v) is 14.3. The molecule has 5 aliphatic heterocycles. The summed E-state index contributed by atoms with van der Waals surface area (Å²) >= 11 is 6.61. The number of benzene rings is 2. The highest BCUT2D eigenvalue weighted by molar-refractivity contribution is 6.33. The van der Waals surface area contributed by atoms with Crippen molar-refractivity contribution in [1.82, 2.24) is 35.0 Å². The maximum absolute atomic E-state index is 13.5. The van der Waals surface area contributed by atoms with Crippen molar-refractivity contribution in [2.24, 2.45) is 0 Å². The summed E-state index contributed by atoms with van der Waals surface area (Å²) in [7, 11) is 1.52. The molecule has 17 nitrogen and oxygen atoms in total. The summed E-state index contributed by atoms with van der Waals surface area (Å²) in [4.78, 5) is 81.0. The third-order valence-electron chi connectivity index (χ3n) is 14.0. The lowest BCUT2D eigenvalue weighted by Gasteiger charge is -2.66. The fraction of sp³-hybridized carbons (Fsp3) is 0.500. The summed E-state index contributed by atoms with van der Waals surface area (Å²) in [6, 6.07) is 13.2. The Labute approximate surface area is 375 Å². The largest absolute Gasteiger partial charge is 0.478 e. The predicted octanol–water partition coefficient (Wildman–Crippen LogP) is 4.14. The summed E-state index contributed by atoms with van der Waals surface area (Å²) in [5.41, 5.74) is 3.90. The van der Waals surface area contributed by atoms with Gasteiger partial charge in [-0.1, -0.05) is 17.7 Å². The molecule has 0 bridgehead atoms. The smallest absolute Gasteiger partial charge is 0.293 e. The molecule has 2 aromatic carbocycles. The average molecular weight is 893 g/mol. The van der Waals surface area contributed by atoms with Gasteiger partial charge in [0.1, 0.15) is 11.1 Å². The number of nitrogens with zero attached hydrogens (tertiary/aromatic N) is 7. The van der Waals surface area contributed by atoms with E-state index in [2.05, 4.69) is 41.7 Å². The molecule has 10 rings (SSSR count). The van der Waals surface area contributed by atoms with Crippen LogP contribution in [0.4, 0.5) is 23.1 Å². The van der Waals surface area contributed by atoms with Crippen LogP contribution in [-0.2, 0) is 25.7 Å². The second-order valence-electron chi connectivity index (χ2n) is 18.3. The lowest BCUT2D eigenvalue weighted by Crippen LogP contribution is -2.79. The molecule has 2 aromatic heterocycles. The Morgan fingerprint density at radius 1 is 1.00 bits per heavy atom. The number of halogens is 1. The second-order valence-corrected chi connectivity index (χ2v) is 18.8. The highest BCUT2D eigenvalue weighted by atomic mass is 35.5. The molecule has 1 unspecified atom stereocenters. The Morgan fingerprint density at radius 3 is 2.52 bits per heavy atom. The van der Waals surface area contributed by atoms with Crippen LogP contribution >= 0.6 is 11.6 Å². The second kappa shape index (κ2) is 16.7. The number of rotatable bonds is 12. The summed E-state index contributed by atoms with van der Waals surface area (Å²) in [6.07, 6.45) is 7.59. The third kappa shape index (κ3) is 7.70. The van der Waals surface area contributed by atoms with Gasteiger partial charge in [0.15, 0.2) is 18.2 Å². The lowest BCUT2D eigenvalue weighted by molar-refractivity contribution is -0.137. The molecular formula is C46H53ClN10O7. The molecule has 4 aromatic rings. The number of anilines is 4. The SMILES string of the molecule is CNC(=O)COc1cc2cc(Nc3nc(N4CCC(OC5CC(N6CC7(CCN7c7ccc8c(c7)C(=O)N(C7CCC(=O)NC7=O)C8)C6)C5)CC4)ncc3Cl)ccc2n(C(C)C)c1=O. The fourth-order valence-corrected chi connectivity index (χ4v) is 10.5. The number of likely N-dealkylation sites (N-methyl/N-ethyl adjacent to an activating group) is 1. The van der Waals surface area contributed by atoms with Gasteiger partial charge in [-0.15, -0.1) is 0 Å². The van der Waals surface area contributed by atoms with Crippen LogP contribution in [-0.4, -0.2) is 124 Å². The van der Waals surface area contributed by atoms with Crippen molar-refractivity contribution in [1.29, 1.82) is 0 Å². The minimum atomic E-state index is -0.609. The highest BCUT2D eigenvalue weighted by Gasteiger charge is 2.56. The molecule has 1 spiro atoms. The predicted molar refractivity (Wildman–Crippen MR) is 240 cm³/mol. The number of nitrogens with one attached hydrogen (secondary N) is 3. The Kier molecular flexibility index (Phi) is 11.0. The molecule has 336 valence electrons. The van der Waals surface area contributed by atoms with Crippen molar-refractivity contribution in [3.05, 3.63) is 75.2 Å². The normalized spacial score (nSPS) is 23.2. The van der Waals surface area contributed by atoms with Gasteiger partial charge in [0, 0.05) is 87.1 Å². The number of imide groups is 1. The number of ether oxygens (including phenoxy) is 2. The Balaban J connectivity index is 0.699. The van der Waals surface area contributed by atoms with E-state index in [1.165, 1.54) is 7.05 Å². The maximum Gasteiger partial charge on any atom is 0.293 e. The van der Waals surface area contributed by atoms with Gasteiger partial charge in [-0.2, -0.15) is 4.98 Å². The van der Waals surface area contributed by atoms with Crippen LogP contribution in [0.25, 0.3) is 10.9 Å². The van der Waals surface area contributed by atoms with E-state index in [4.69, 9.17) is 26.1 Å². The number of aromatic nitrogens is 3. The van der Waals surface area contributed by atoms with E-state index >= 15 is 0 Å². The Hall–Kier alpha value is -5.78. The summed E-state index contributed by atoms with van der Waals surface area (Å²) in [5, 5.41) is 9.36. The zero-order chi connectivity index (χ0) is 44.4. The van der Waals surface area contributed by atoms with Gasteiger partial charge in [0.25, 0.3) is 17.4 Å². The van der Waals surface area contributed by atoms with Gasteiger partial charge in [0.2, 0.25) is 17.8 Å². The van der Waals surface area contributed by atoms with Crippen LogP contribution in [0.5, 0.6) is 5.75 Å². The van der Waals surface area contributed by atoms with Crippen LogP contribution in [0, 0.1) is 0 Å². The molecule has 5 fully saturated rings. The quantitative estimate of drug-likeness (QED) is 0.173. The topological polar surface area (TPSA) is 184 Å². The first kappa shape index (κ1) is 42.2. The first-order valence-corrected chi connectivity index (χ1v) is 22.8. The zero-order valence-corrected chi connectivity index (χ0v) is 37.0. The molecular weight excluding hydrogens is 840 g/mol. The molecule has 6 aliphatic rings. The van der Waals surface area contributed by atoms with Gasteiger partial charge in [0.05, 0.1) is 29.5 Å². The number of carbonyl (C=O) groups is 4. The van der Waals surface area contributed by atoms with Crippen LogP contribution in [0.3, 0.4) is 0 Å². The van der Waals surface area contributed by atoms with E-state index in [1.807, 2.05) is 44.2 Å². The van der Waals surface area contributed by atoms with Crippen molar-refractivity contribution in [3.8, 4) is 5.75 Å². The molecule has 3 N–H and O–H groups in total. The van der Waals surface area contributed by atoms with Gasteiger partial charge in [-0.05, 0) is 94.3 Å². The number of piperidine rings is 2. The van der Waals surface area contributed by atoms with Gasteiger partial charge in [-0.25, -0.2) is 4.98 Å². The Bertz CT molecular complexity index is 2600. The highest BCUT2D eigenvalue weighted by Crippen LogP contribution is 2.47. The van der Waals surface area contributed by atoms with E-state index in [9.17, 15) is 24.0 Å². The molecule has 4 saturated heterocycles. The molecule has 18 heteroatoms. The van der Waals surface area contributed by atoms with E-state index in [0.29, 0.717) is 47.0 Å². The minimum Gasteiger partial charge on any atom is -0.478 e. The number of hydrogen-bond donors (Lipinski definition) is 3. The van der Waals surface area contributed by atoms with Crippen molar-refractivity contribution in [2.75, 3.05) is 61.5 Å². The molecule has 1 atom stereocenters. The number of amides is 4. The van der Waals surface area contributed by atoms with E-state index in [0.717, 1.165) is 87.0 Å². The molecule has 0 radical (unpaired) electrons. The van der Waals surface area contributed by atoms with Crippen molar-refractivity contribution in [3.63, 3.8) is 0 Å². The standard InChI is InChI=1S/C46H53ClN10O7/c1-26(2)57-36-7-5-29(16-28(36)17-38(44(57)62)63-23-40(59)48-3)50-41-35(47)21-49-45(52-41)53-13-10-32(11-14-53)64-33-18-31(19-33)54-24-46(25-54)12-15-56(46)30-6-4-27-22-55(43(61)34(27)20-30)37-8-9-39(58)51-42(37)60/h4-7,16-17,20-21,26,31-33,37H,8-15,18-19,22-25H2,1-3H3,(H,48,59)(H,49,50,52)(H,51,58,60). The van der Waals surface area contributed by atoms with Crippen LogP contribution in [0.1, 0.15) is 80.8 Å². The van der Waals surface area contributed by atoms with E-state index in [-0.39, 0.29) is 71.8 Å². The number of carbonyl (C=O) groups excluding carboxylic acids is 4. The average Bonchev–Trinajstić information content (AvgIpc) is 3.56. The molecule has 4 amide bonds. The van der Waals surface area contributed by atoms with E-state index < -0.39 is 6.04 Å². The van der Waals surface area contributed by atoms with Crippen molar-refractivity contribution in [2.45, 2.75) is 101 Å². The number of hydrogen-bond acceptors (Lipinski definition) is 13. The molecule has 1 aliphatic carbocycles. The summed E-state index contributed by atoms with van der Waals surface area (Å²) < 4.78 is 13.9. The van der Waals surface area contributed by atoms with Gasteiger partial charge < -0.3 is 39.4 Å². The van der Waals surface area contributed by atoms with Crippen molar-refractivity contribution < 1.29 is 28.7 Å². The molecule has 7 heterocycles. The fourth-order valence-electron chi connectivity index (χ4n) is 10.3. The number of pyridine rings is 1. The zero-order valence-electron chi connectivity index (χ0n) is 36.3. The maximum atomic E-state index is 13.5. The summed E-state index contributed by atoms with van der Waals surface area (Å²) in [6.45, 7) is 8.47. The van der Waals surface area contributed by atoms with E-state index in [1.54, 1.807) is 21.7 Å². The van der Waals surface area contributed by atoms with Crippen molar-refractivity contribution >= 4 is 69.3 Å². The molecule has 64 heavy (non-hydrogen) atoms. The van der Waals surface area contributed by atoms with Crippen LogP contribution in [0.2, 0.25) is 5.02 Å². The van der Waals surface area contributed by atoms with Gasteiger partial charge in [-0.3, -0.25) is 34.2 Å². The van der Waals surface area contributed by atoms with Crippen LogP contribution < -0.4 is 36.0 Å². The monoisotopic (exact) mass is 892 g/mol. The summed E-state index contributed by atoms with van der Waals surface area (Å²) in [5.74, 6) is 0.0201. The first-order chi connectivity index (χ1) is 30.9. The Morgan fingerprint density at radius 2 is 1.80 bits per heavy atom.